The fourth-order valence-electron chi connectivity index (χ4n) is 3.52. The number of aromatic nitrogens is 4. The lowest BCUT2D eigenvalue weighted by molar-refractivity contribution is -0.116. The van der Waals surface area contributed by atoms with Crippen LogP contribution < -0.4 is 11.1 Å². The predicted molar refractivity (Wildman–Crippen MR) is 102 cm³/mol. The van der Waals surface area contributed by atoms with Crippen molar-refractivity contribution >= 4 is 22.7 Å². The number of fused-ring (bicyclic) bond motifs is 2. The number of pyridine rings is 1. The Morgan fingerprint density at radius 1 is 1.14 bits per heavy atom. The van der Waals surface area contributed by atoms with Crippen LogP contribution in [0.15, 0.2) is 58.1 Å². The van der Waals surface area contributed by atoms with Gasteiger partial charge in [-0.2, -0.15) is 0 Å². The van der Waals surface area contributed by atoms with Crippen LogP contribution in [0.3, 0.4) is 0 Å². The average Bonchev–Trinajstić information content (AvgIpc) is 3.00. The van der Waals surface area contributed by atoms with Crippen LogP contribution in [0, 0.1) is 0 Å². The zero-order chi connectivity index (χ0) is 19.3. The summed E-state index contributed by atoms with van der Waals surface area (Å²) in [5.74, 6) is -0.242. The second kappa shape index (κ2) is 6.12. The highest BCUT2D eigenvalue weighted by Crippen LogP contribution is 2.38. The Morgan fingerprint density at radius 3 is 2.71 bits per heavy atom. The number of hydrogen-bond donors (Lipinski definition) is 1. The molecule has 0 radical (unpaired) electrons. The van der Waals surface area contributed by atoms with Gasteiger partial charge in [-0.05, 0) is 35.4 Å². The molecule has 28 heavy (non-hydrogen) atoms. The van der Waals surface area contributed by atoms with E-state index in [0.29, 0.717) is 28.3 Å². The summed E-state index contributed by atoms with van der Waals surface area (Å²) in [6, 6.07) is 9.12. The van der Waals surface area contributed by atoms with Crippen molar-refractivity contribution in [3.8, 4) is 11.5 Å². The SMILES string of the molecule is Cn1c(=O)oc2cc3c(cc21)NC(=O)C[C@@H]3c1cnc(-c2ccccn2)nc1. The lowest BCUT2D eigenvalue weighted by atomic mass is 9.86. The van der Waals surface area contributed by atoms with Crippen LogP contribution in [0.5, 0.6) is 0 Å². The Hall–Kier alpha value is -3.81. The third-order valence-electron chi connectivity index (χ3n) is 4.97. The maximum atomic E-state index is 12.3. The molecular formula is C20H15N5O3. The van der Waals surface area contributed by atoms with Gasteiger partial charge in [0.2, 0.25) is 5.91 Å². The van der Waals surface area contributed by atoms with Crippen LogP contribution in [-0.4, -0.2) is 25.4 Å². The van der Waals surface area contributed by atoms with Gasteiger partial charge < -0.3 is 9.73 Å². The van der Waals surface area contributed by atoms with Crippen LogP contribution in [0.25, 0.3) is 22.6 Å². The maximum Gasteiger partial charge on any atom is 0.419 e. The summed E-state index contributed by atoms with van der Waals surface area (Å²) >= 11 is 0. The Labute approximate surface area is 158 Å². The van der Waals surface area contributed by atoms with Gasteiger partial charge >= 0.3 is 5.76 Å². The van der Waals surface area contributed by atoms with Crippen LogP contribution >= 0.6 is 0 Å². The number of hydrogen-bond acceptors (Lipinski definition) is 6. The first kappa shape index (κ1) is 16.4. The van der Waals surface area contributed by atoms with E-state index in [-0.39, 0.29) is 18.2 Å². The molecule has 0 saturated heterocycles. The molecule has 5 rings (SSSR count). The molecule has 8 heteroatoms. The topological polar surface area (TPSA) is 103 Å². The van der Waals surface area contributed by atoms with E-state index in [4.69, 9.17) is 4.42 Å². The molecule has 138 valence electrons. The first-order chi connectivity index (χ1) is 13.6. The van der Waals surface area contributed by atoms with Crippen molar-refractivity contribution in [2.24, 2.45) is 7.05 Å². The molecule has 1 aromatic carbocycles. The summed E-state index contributed by atoms with van der Waals surface area (Å²) in [4.78, 5) is 37.2. The monoisotopic (exact) mass is 373 g/mol. The number of carbonyl (C=O) groups excluding carboxylic acids is 1. The van der Waals surface area contributed by atoms with E-state index < -0.39 is 5.76 Å². The molecule has 4 heterocycles. The standard InChI is InChI=1S/C20H15N5O3/c1-25-16-8-15-13(6-17(16)28-20(25)27)12(7-18(26)24-15)11-9-22-19(23-10-11)14-4-2-3-5-21-14/h2-6,8-10,12H,7H2,1H3,(H,24,26)/t12-/m1/s1. The fourth-order valence-corrected chi connectivity index (χ4v) is 3.52. The largest absolute Gasteiger partial charge is 0.419 e. The van der Waals surface area contributed by atoms with Gasteiger partial charge in [-0.25, -0.2) is 14.8 Å². The minimum absolute atomic E-state index is 0.0980. The molecule has 0 spiro atoms. The van der Waals surface area contributed by atoms with Gasteiger partial charge in [-0.1, -0.05) is 6.07 Å². The van der Waals surface area contributed by atoms with E-state index in [2.05, 4.69) is 20.3 Å². The van der Waals surface area contributed by atoms with Gasteiger partial charge in [0.15, 0.2) is 11.4 Å². The Morgan fingerprint density at radius 2 is 1.96 bits per heavy atom. The molecule has 1 N–H and O–H groups in total. The van der Waals surface area contributed by atoms with Crippen LogP contribution in [0.2, 0.25) is 0 Å². The van der Waals surface area contributed by atoms with Gasteiger partial charge in [0.1, 0.15) is 5.69 Å². The molecule has 4 aromatic rings. The number of carbonyl (C=O) groups is 1. The fraction of sp³-hybridized carbons (Fsp3) is 0.150. The molecule has 3 aromatic heterocycles. The summed E-state index contributed by atoms with van der Waals surface area (Å²) < 4.78 is 6.72. The van der Waals surface area contributed by atoms with Crippen molar-refractivity contribution in [1.82, 2.24) is 19.5 Å². The van der Waals surface area contributed by atoms with Crippen molar-refractivity contribution < 1.29 is 9.21 Å². The van der Waals surface area contributed by atoms with Gasteiger partial charge in [-0.3, -0.25) is 14.3 Å². The number of nitrogens with one attached hydrogen (secondary N) is 1. The zero-order valence-corrected chi connectivity index (χ0v) is 14.9. The molecule has 0 fully saturated rings. The van der Waals surface area contributed by atoms with E-state index in [1.54, 1.807) is 31.7 Å². The average molecular weight is 373 g/mol. The molecule has 8 nitrogen and oxygen atoms in total. The quantitative estimate of drug-likeness (QED) is 0.579. The second-order valence-electron chi connectivity index (χ2n) is 6.69. The van der Waals surface area contributed by atoms with Crippen LogP contribution in [0.4, 0.5) is 5.69 Å². The number of oxazole rings is 1. The van der Waals surface area contributed by atoms with Crippen LogP contribution in [0.1, 0.15) is 23.5 Å². The molecule has 0 bridgehead atoms. The summed E-state index contributed by atoms with van der Waals surface area (Å²) in [5.41, 5.74) is 4.15. The number of amides is 1. The molecule has 0 unspecified atom stereocenters. The number of aryl methyl sites for hydroxylation is 1. The highest BCUT2D eigenvalue weighted by Gasteiger charge is 2.28. The number of rotatable bonds is 2. The van der Waals surface area contributed by atoms with Gasteiger partial charge in [-0.15, -0.1) is 0 Å². The Bertz CT molecular complexity index is 1260. The Kier molecular flexibility index (Phi) is 3.58. The van der Waals surface area contributed by atoms with Crippen LogP contribution in [-0.2, 0) is 11.8 Å². The van der Waals surface area contributed by atoms with E-state index >= 15 is 0 Å². The van der Waals surface area contributed by atoms with Crippen molar-refractivity contribution in [1.29, 1.82) is 0 Å². The normalized spacial score (nSPS) is 16.0. The van der Waals surface area contributed by atoms with E-state index in [1.807, 2.05) is 24.3 Å². The molecule has 0 saturated carbocycles. The minimum atomic E-state index is -0.441. The third-order valence-corrected chi connectivity index (χ3v) is 4.97. The lowest BCUT2D eigenvalue weighted by Gasteiger charge is -2.25. The van der Waals surface area contributed by atoms with Crippen molar-refractivity contribution in [2.45, 2.75) is 12.3 Å². The van der Waals surface area contributed by atoms with Gasteiger partial charge in [0.25, 0.3) is 0 Å². The van der Waals surface area contributed by atoms with E-state index in [1.165, 1.54) is 4.57 Å². The highest BCUT2D eigenvalue weighted by atomic mass is 16.4. The smallest absolute Gasteiger partial charge is 0.408 e. The predicted octanol–water partition coefficient (Wildman–Crippen LogP) is 2.46. The van der Waals surface area contributed by atoms with Gasteiger partial charge in [0, 0.05) is 43.7 Å². The highest BCUT2D eigenvalue weighted by molar-refractivity contribution is 5.97. The summed E-state index contributed by atoms with van der Waals surface area (Å²) in [5, 5.41) is 2.88. The lowest BCUT2D eigenvalue weighted by Crippen LogP contribution is -2.23. The number of anilines is 1. The van der Waals surface area contributed by atoms with Crippen molar-refractivity contribution in [3.63, 3.8) is 0 Å². The van der Waals surface area contributed by atoms with E-state index in [9.17, 15) is 9.59 Å². The van der Waals surface area contributed by atoms with Crippen molar-refractivity contribution in [3.05, 3.63) is 70.6 Å². The summed E-state index contributed by atoms with van der Waals surface area (Å²) in [7, 11) is 1.63. The number of nitrogens with zero attached hydrogens (tertiary/aromatic N) is 4. The molecular weight excluding hydrogens is 358 g/mol. The number of benzene rings is 1. The van der Waals surface area contributed by atoms with Gasteiger partial charge in [0.05, 0.1) is 5.52 Å². The zero-order valence-electron chi connectivity index (χ0n) is 14.9. The van der Waals surface area contributed by atoms with Crippen molar-refractivity contribution in [2.75, 3.05) is 5.32 Å². The Balaban J connectivity index is 1.59. The minimum Gasteiger partial charge on any atom is -0.408 e. The molecule has 1 amide bonds. The molecule has 1 aliphatic heterocycles. The third kappa shape index (κ3) is 2.58. The first-order valence-corrected chi connectivity index (χ1v) is 8.77. The molecule has 0 aliphatic carbocycles. The summed E-state index contributed by atoms with van der Waals surface area (Å²) in [6.07, 6.45) is 5.39. The van der Waals surface area contributed by atoms with E-state index in [0.717, 1.165) is 11.1 Å². The summed E-state index contributed by atoms with van der Waals surface area (Å²) in [6.45, 7) is 0. The molecule has 1 atom stereocenters. The second-order valence-corrected chi connectivity index (χ2v) is 6.69. The first-order valence-electron chi connectivity index (χ1n) is 8.77. The maximum absolute atomic E-state index is 12.3. The molecule has 1 aliphatic rings.